The molecule has 1 N–H and O–H groups in total. The van der Waals surface area contributed by atoms with E-state index < -0.39 is 11.5 Å². The maximum absolute atomic E-state index is 11.5. The molecule has 0 saturated heterocycles. The van der Waals surface area contributed by atoms with Crippen molar-refractivity contribution in [1.82, 2.24) is 9.78 Å². The molecule has 0 saturated carbocycles. The highest BCUT2D eigenvalue weighted by molar-refractivity contribution is 5.76. The van der Waals surface area contributed by atoms with Crippen LogP contribution in [0.5, 0.6) is 0 Å². The summed E-state index contributed by atoms with van der Waals surface area (Å²) >= 11 is 0. The first-order valence-electron chi connectivity index (χ1n) is 4.86. The van der Waals surface area contributed by atoms with Gasteiger partial charge in [0.05, 0.1) is 0 Å². The lowest BCUT2D eigenvalue weighted by Crippen LogP contribution is -2.47. The molecule has 1 rings (SSSR count). The highest BCUT2D eigenvalue weighted by Gasteiger charge is 2.38. The maximum atomic E-state index is 11.5. The van der Waals surface area contributed by atoms with Gasteiger partial charge in [-0.1, -0.05) is 13.8 Å². The van der Waals surface area contributed by atoms with Gasteiger partial charge in [-0.2, -0.15) is 5.10 Å². The summed E-state index contributed by atoms with van der Waals surface area (Å²) in [6.07, 6.45) is 2.08. The van der Waals surface area contributed by atoms with Crippen molar-refractivity contribution in [1.29, 1.82) is 0 Å². The van der Waals surface area contributed by atoms with Gasteiger partial charge in [0.25, 0.3) is 5.56 Å². The molecule has 0 radical (unpaired) electrons. The van der Waals surface area contributed by atoms with Crippen molar-refractivity contribution in [2.24, 2.45) is 0 Å². The minimum Gasteiger partial charge on any atom is -0.479 e. The van der Waals surface area contributed by atoms with Crippen LogP contribution in [0.2, 0.25) is 0 Å². The summed E-state index contributed by atoms with van der Waals surface area (Å²) in [5.74, 6) is -1.02. The van der Waals surface area contributed by atoms with Crippen molar-refractivity contribution in [3.63, 3.8) is 0 Å². The summed E-state index contributed by atoms with van der Waals surface area (Å²) in [4.78, 5) is 22.8. The second-order valence-corrected chi connectivity index (χ2v) is 3.32. The monoisotopic (exact) mass is 210 g/mol. The number of hydrogen-bond acceptors (Lipinski definition) is 3. The molecule has 5 nitrogen and oxygen atoms in total. The third kappa shape index (κ3) is 1.77. The van der Waals surface area contributed by atoms with E-state index in [1.165, 1.54) is 18.3 Å². The van der Waals surface area contributed by atoms with Gasteiger partial charge in [0.15, 0.2) is 5.54 Å². The number of aromatic nitrogens is 2. The van der Waals surface area contributed by atoms with Crippen LogP contribution in [0.25, 0.3) is 0 Å². The Morgan fingerprint density at radius 3 is 2.53 bits per heavy atom. The molecule has 0 amide bonds. The molecule has 15 heavy (non-hydrogen) atoms. The van der Waals surface area contributed by atoms with Gasteiger partial charge in [0.2, 0.25) is 0 Å². The maximum Gasteiger partial charge on any atom is 0.331 e. The average Bonchev–Trinajstić information content (AvgIpc) is 2.22. The van der Waals surface area contributed by atoms with Crippen molar-refractivity contribution in [3.8, 4) is 0 Å². The SMILES string of the molecule is CCC(CC)(C(=O)O)n1ncccc1=O. The first kappa shape index (κ1) is 11.4. The Labute approximate surface area is 87.4 Å². The van der Waals surface area contributed by atoms with Crippen LogP contribution in [0.1, 0.15) is 26.7 Å². The summed E-state index contributed by atoms with van der Waals surface area (Å²) < 4.78 is 1.05. The van der Waals surface area contributed by atoms with Crippen molar-refractivity contribution in [3.05, 3.63) is 28.7 Å². The molecule has 0 aliphatic heterocycles. The third-order valence-electron chi connectivity index (χ3n) is 2.69. The Morgan fingerprint density at radius 1 is 1.53 bits per heavy atom. The third-order valence-corrected chi connectivity index (χ3v) is 2.69. The van der Waals surface area contributed by atoms with E-state index >= 15 is 0 Å². The predicted octanol–water partition coefficient (Wildman–Crippen LogP) is 0.843. The van der Waals surface area contributed by atoms with Crippen LogP contribution in [0.15, 0.2) is 23.1 Å². The minimum atomic E-state index is -1.22. The van der Waals surface area contributed by atoms with Gasteiger partial charge in [-0.25, -0.2) is 9.48 Å². The van der Waals surface area contributed by atoms with E-state index in [0.29, 0.717) is 12.8 Å². The van der Waals surface area contributed by atoms with Crippen LogP contribution in [0, 0.1) is 0 Å². The lowest BCUT2D eigenvalue weighted by molar-refractivity contribution is -0.149. The number of carboxylic acids is 1. The van der Waals surface area contributed by atoms with Gasteiger partial charge in [-0.3, -0.25) is 4.79 Å². The van der Waals surface area contributed by atoms with Gasteiger partial charge < -0.3 is 5.11 Å². The molecular formula is C10H14N2O3. The molecule has 1 heterocycles. The molecule has 0 aliphatic carbocycles. The molecule has 0 bridgehead atoms. The Bertz CT molecular complexity index is 407. The van der Waals surface area contributed by atoms with Crippen LogP contribution >= 0.6 is 0 Å². The van der Waals surface area contributed by atoms with Gasteiger partial charge >= 0.3 is 5.97 Å². The fraction of sp³-hybridized carbons (Fsp3) is 0.500. The fourth-order valence-electron chi connectivity index (χ4n) is 1.62. The van der Waals surface area contributed by atoms with Crippen molar-refractivity contribution < 1.29 is 9.90 Å². The van der Waals surface area contributed by atoms with Crippen molar-refractivity contribution >= 4 is 5.97 Å². The molecule has 1 aromatic rings. The van der Waals surface area contributed by atoms with E-state index in [2.05, 4.69) is 5.10 Å². The topological polar surface area (TPSA) is 72.2 Å². The van der Waals surface area contributed by atoms with Crippen molar-refractivity contribution in [2.45, 2.75) is 32.2 Å². The van der Waals surface area contributed by atoms with E-state index in [9.17, 15) is 14.7 Å². The zero-order chi connectivity index (χ0) is 11.5. The summed E-state index contributed by atoms with van der Waals surface area (Å²) in [5, 5.41) is 13.0. The summed E-state index contributed by atoms with van der Waals surface area (Å²) in [6, 6.07) is 2.81. The predicted molar refractivity (Wildman–Crippen MR) is 54.7 cm³/mol. The molecule has 1 aromatic heterocycles. The lowest BCUT2D eigenvalue weighted by Gasteiger charge is -2.27. The first-order valence-corrected chi connectivity index (χ1v) is 4.86. The summed E-state index contributed by atoms with van der Waals surface area (Å²) in [6.45, 7) is 3.47. The molecule has 0 atom stereocenters. The van der Waals surface area contributed by atoms with Gasteiger partial charge in [-0.15, -0.1) is 0 Å². The molecule has 0 aliphatic rings. The number of carbonyl (C=O) groups is 1. The Balaban J connectivity index is 3.40. The highest BCUT2D eigenvalue weighted by Crippen LogP contribution is 2.22. The number of rotatable bonds is 4. The van der Waals surface area contributed by atoms with Crippen LogP contribution in [-0.2, 0) is 10.3 Å². The smallest absolute Gasteiger partial charge is 0.331 e. The van der Waals surface area contributed by atoms with Gasteiger partial charge in [0.1, 0.15) is 0 Å². The standard InChI is InChI=1S/C10H14N2O3/c1-3-10(4-2,9(14)15)12-8(13)6-5-7-11-12/h5-7H,3-4H2,1-2H3,(H,14,15). The normalized spacial score (nSPS) is 11.3. The number of hydrogen-bond donors (Lipinski definition) is 1. The lowest BCUT2D eigenvalue weighted by atomic mass is 9.93. The first-order chi connectivity index (χ1) is 7.08. The number of nitrogens with zero attached hydrogens (tertiary/aromatic N) is 2. The van der Waals surface area contributed by atoms with E-state index in [1.807, 2.05) is 0 Å². The fourth-order valence-corrected chi connectivity index (χ4v) is 1.62. The second-order valence-electron chi connectivity index (χ2n) is 3.32. The molecule has 5 heteroatoms. The van der Waals surface area contributed by atoms with Crippen LogP contribution in [0.3, 0.4) is 0 Å². The average molecular weight is 210 g/mol. The zero-order valence-electron chi connectivity index (χ0n) is 8.80. The molecular weight excluding hydrogens is 196 g/mol. The van der Waals surface area contributed by atoms with Gasteiger partial charge in [0, 0.05) is 12.3 Å². The number of carboxylic acid groups (broad SMARTS) is 1. The molecule has 0 fully saturated rings. The second kappa shape index (κ2) is 4.25. The minimum absolute atomic E-state index is 0.329. The van der Waals surface area contributed by atoms with Gasteiger partial charge in [-0.05, 0) is 18.9 Å². The Hall–Kier alpha value is -1.65. The van der Waals surface area contributed by atoms with E-state index in [-0.39, 0.29) is 5.56 Å². The molecule has 82 valence electrons. The summed E-state index contributed by atoms with van der Waals surface area (Å²) in [7, 11) is 0. The Morgan fingerprint density at radius 2 is 2.13 bits per heavy atom. The summed E-state index contributed by atoms with van der Waals surface area (Å²) in [5.41, 5.74) is -1.61. The largest absolute Gasteiger partial charge is 0.479 e. The van der Waals surface area contributed by atoms with Crippen molar-refractivity contribution in [2.75, 3.05) is 0 Å². The zero-order valence-corrected chi connectivity index (χ0v) is 8.80. The molecule has 0 unspecified atom stereocenters. The highest BCUT2D eigenvalue weighted by atomic mass is 16.4. The molecule has 0 spiro atoms. The number of aliphatic carboxylic acids is 1. The van der Waals surface area contributed by atoms with Crippen LogP contribution < -0.4 is 5.56 Å². The molecule has 0 aromatic carbocycles. The van der Waals surface area contributed by atoms with E-state index in [1.54, 1.807) is 13.8 Å². The van der Waals surface area contributed by atoms with Crippen LogP contribution in [-0.4, -0.2) is 20.9 Å². The quantitative estimate of drug-likeness (QED) is 0.799. The van der Waals surface area contributed by atoms with Crippen LogP contribution in [0.4, 0.5) is 0 Å². The Kier molecular flexibility index (Phi) is 3.24. The van der Waals surface area contributed by atoms with E-state index in [0.717, 1.165) is 4.68 Å². The van der Waals surface area contributed by atoms with E-state index in [4.69, 9.17) is 0 Å².